The van der Waals surface area contributed by atoms with E-state index in [9.17, 15) is 0 Å². The summed E-state index contributed by atoms with van der Waals surface area (Å²) in [6.45, 7) is 2.55. The van der Waals surface area contributed by atoms with Crippen molar-refractivity contribution in [2.75, 3.05) is 13.2 Å². The predicted octanol–water partition coefficient (Wildman–Crippen LogP) is 6.24. The Morgan fingerprint density at radius 1 is 0.478 bits per heavy atom. The molecular weight excluding hydrogens is 284 g/mol. The molecule has 0 rings (SSSR count). The molecule has 0 radical (unpaired) electrons. The zero-order valence-corrected chi connectivity index (χ0v) is 15.9. The summed E-state index contributed by atoms with van der Waals surface area (Å²) < 4.78 is 0. The van der Waals surface area contributed by atoms with Crippen LogP contribution in [0.15, 0.2) is 0 Å². The summed E-state index contributed by atoms with van der Waals surface area (Å²) in [5, 5.41) is 18.0. The quantitative estimate of drug-likeness (QED) is 0.276. The van der Waals surface area contributed by atoms with Crippen molar-refractivity contribution >= 4 is 0 Å². The van der Waals surface area contributed by atoms with Crippen molar-refractivity contribution in [3.05, 3.63) is 0 Å². The third-order valence-corrected chi connectivity index (χ3v) is 4.98. The maximum Gasteiger partial charge on any atom is 0.0481 e. The third-order valence-electron chi connectivity index (χ3n) is 4.98. The van der Waals surface area contributed by atoms with E-state index in [0.717, 1.165) is 12.8 Å². The van der Waals surface area contributed by atoms with E-state index in [0.29, 0.717) is 0 Å². The molecule has 0 aliphatic carbocycles. The zero-order valence-electron chi connectivity index (χ0n) is 15.9. The summed E-state index contributed by atoms with van der Waals surface area (Å²) in [4.78, 5) is 0. The third kappa shape index (κ3) is 18.1. The van der Waals surface area contributed by atoms with E-state index < -0.39 is 0 Å². The van der Waals surface area contributed by atoms with Crippen molar-refractivity contribution < 1.29 is 10.2 Å². The van der Waals surface area contributed by atoms with E-state index in [1.165, 1.54) is 96.3 Å². The summed E-state index contributed by atoms with van der Waals surface area (Å²) in [5.74, 6) is 0.113. The Balaban J connectivity index is 3.02. The SMILES string of the molecule is CCCCCCCCCCCCCCCCCCC(CO)CO. The van der Waals surface area contributed by atoms with Gasteiger partial charge in [0.1, 0.15) is 0 Å². The van der Waals surface area contributed by atoms with Crippen molar-refractivity contribution in [1.29, 1.82) is 0 Å². The van der Waals surface area contributed by atoms with Crippen LogP contribution in [0, 0.1) is 5.92 Å². The summed E-state index contributed by atoms with van der Waals surface area (Å²) in [7, 11) is 0. The van der Waals surface area contributed by atoms with E-state index in [1.54, 1.807) is 0 Å². The molecule has 0 heterocycles. The Labute approximate surface area is 146 Å². The van der Waals surface area contributed by atoms with Gasteiger partial charge in [-0.05, 0) is 6.42 Å². The molecule has 0 fully saturated rings. The zero-order chi connectivity index (χ0) is 17.0. The van der Waals surface area contributed by atoms with Gasteiger partial charge < -0.3 is 10.2 Å². The fourth-order valence-electron chi connectivity index (χ4n) is 3.22. The van der Waals surface area contributed by atoms with Gasteiger partial charge in [0.25, 0.3) is 0 Å². The molecule has 0 aromatic rings. The number of hydrogen-bond donors (Lipinski definition) is 2. The van der Waals surface area contributed by atoms with Gasteiger partial charge in [-0.1, -0.05) is 110 Å². The Bertz CT molecular complexity index is 202. The molecule has 0 aliphatic rings. The van der Waals surface area contributed by atoms with Crippen molar-refractivity contribution in [1.82, 2.24) is 0 Å². The molecule has 0 saturated carbocycles. The monoisotopic (exact) mass is 328 g/mol. The van der Waals surface area contributed by atoms with Crippen LogP contribution in [0.2, 0.25) is 0 Å². The summed E-state index contributed by atoms with van der Waals surface area (Å²) in [6.07, 6.45) is 23.2. The van der Waals surface area contributed by atoms with Crippen LogP contribution in [-0.4, -0.2) is 23.4 Å². The van der Waals surface area contributed by atoms with Crippen LogP contribution < -0.4 is 0 Å². The molecule has 0 amide bonds. The number of hydrogen-bond acceptors (Lipinski definition) is 2. The molecule has 2 nitrogen and oxygen atoms in total. The van der Waals surface area contributed by atoms with Gasteiger partial charge in [-0.15, -0.1) is 0 Å². The number of aliphatic hydroxyl groups excluding tert-OH is 2. The fourth-order valence-corrected chi connectivity index (χ4v) is 3.22. The van der Waals surface area contributed by atoms with Crippen LogP contribution in [0.3, 0.4) is 0 Å². The molecule has 0 atom stereocenters. The highest BCUT2D eigenvalue weighted by molar-refractivity contribution is 4.56. The molecule has 0 saturated heterocycles. The topological polar surface area (TPSA) is 40.5 Å². The molecule has 0 spiro atoms. The summed E-state index contributed by atoms with van der Waals surface area (Å²) in [6, 6.07) is 0. The van der Waals surface area contributed by atoms with E-state index in [1.807, 2.05) is 0 Å². The summed E-state index contributed by atoms with van der Waals surface area (Å²) in [5.41, 5.74) is 0. The molecule has 2 N–H and O–H groups in total. The van der Waals surface area contributed by atoms with Crippen molar-refractivity contribution in [3.8, 4) is 0 Å². The summed E-state index contributed by atoms with van der Waals surface area (Å²) >= 11 is 0. The second kappa shape index (κ2) is 20.0. The minimum Gasteiger partial charge on any atom is -0.396 e. The number of unbranched alkanes of at least 4 members (excludes halogenated alkanes) is 15. The molecule has 0 aliphatic heterocycles. The largest absolute Gasteiger partial charge is 0.396 e. The first-order valence-corrected chi connectivity index (χ1v) is 10.6. The number of rotatable bonds is 19. The Morgan fingerprint density at radius 2 is 0.783 bits per heavy atom. The fraction of sp³-hybridized carbons (Fsp3) is 1.00. The normalized spacial score (nSPS) is 11.5. The van der Waals surface area contributed by atoms with Gasteiger partial charge in [-0.3, -0.25) is 0 Å². The number of aliphatic hydroxyl groups is 2. The Kier molecular flexibility index (Phi) is 19.9. The van der Waals surface area contributed by atoms with Crippen LogP contribution >= 0.6 is 0 Å². The molecule has 0 aromatic heterocycles. The van der Waals surface area contributed by atoms with E-state index >= 15 is 0 Å². The average Bonchev–Trinajstić information content (AvgIpc) is 2.58. The second-order valence-electron chi connectivity index (χ2n) is 7.32. The standard InChI is InChI=1S/C21H44O2/c1-2-3-4-5-6-7-8-9-10-11-12-13-14-15-16-17-18-21(19-22)20-23/h21-23H,2-20H2,1H3. The molecule has 140 valence electrons. The molecule has 2 heteroatoms. The second-order valence-corrected chi connectivity index (χ2v) is 7.32. The molecular formula is C21H44O2. The minimum absolute atomic E-state index is 0.113. The van der Waals surface area contributed by atoms with Crippen molar-refractivity contribution in [2.45, 2.75) is 116 Å². The molecule has 0 bridgehead atoms. The van der Waals surface area contributed by atoms with Crippen molar-refractivity contribution in [3.63, 3.8) is 0 Å². The van der Waals surface area contributed by atoms with Crippen LogP contribution in [0.5, 0.6) is 0 Å². The van der Waals surface area contributed by atoms with E-state index in [4.69, 9.17) is 10.2 Å². The smallest absolute Gasteiger partial charge is 0.0481 e. The first-order valence-electron chi connectivity index (χ1n) is 10.6. The van der Waals surface area contributed by atoms with Crippen LogP contribution in [-0.2, 0) is 0 Å². The maximum atomic E-state index is 8.99. The highest BCUT2D eigenvalue weighted by Gasteiger charge is 2.04. The Hall–Kier alpha value is -0.0800. The van der Waals surface area contributed by atoms with Gasteiger partial charge in [0.2, 0.25) is 0 Å². The minimum atomic E-state index is 0.113. The van der Waals surface area contributed by atoms with Crippen LogP contribution in [0.1, 0.15) is 116 Å². The maximum absolute atomic E-state index is 8.99. The van der Waals surface area contributed by atoms with E-state index in [-0.39, 0.29) is 19.1 Å². The van der Waals surface area contributed by atoms with Gasteiger partial charge in [-0.2, -0.15) is 0 Å². The van der Waals surface area contributed by atoms with Gasteiger partial charge in [-0.25, -0.2) is 0 Å². The predicted molar refractivity (Wildman–Crippen MR) is 102 cm³/mol. The highest BCUT2D eigenvalue weighted by Crippen LogP contribution is 2.15. The van der Waals surface area contributed by atoms with Gasteiger partial charge >= 0.3 is 0 Å². The highest BCUT2D eigenvalue weighted by atomic mass is 16.3. The van der Waals surface area contributed by atoms with Gasteiger partial charge in [0.15, 0.2) is 0 Å². The van der Waals surface area contributed by atoms with E-state index in [2.05, 4.69) is 6.92 Å². The van der Waals surface area contributed by atoms with Gasteiger partial charge in [0.05, 0.1) is 0 Å². The molecule has 23 heavy (non-hydrogen) atoms. The lowest BCUT2D eigenvalue weighted by molar-refractivity contribution is 0.141. The lowest BCUT2D eigenvalue weighted by Gasteiger charge is -2.09. The van der Waals surface area contributed by atoms with Crippen LogP contribution in [0.4, 0.5) is 0 Å². The molecule has 0 unspecified atom stereocenters. The first kappa shape index (κ1) is 22.9. The molecule has 0 aromatic carbocycles. The first-order chi connectivity index (χ1) is 11.3. The Morgan fingerprint density at radius 3 is 1.09 bits per heavy atom. The lowest BCUT2D eigenvalue weighted by atomic mass is 10.0. The van der Waals surface area contributed by atoms with Crippen LogP contribution in [0.25, 0.3) is 0 Å². The average molecular weight is 329 g/mol. The lowest BCUT2D eigenvalue weighted by Crippen LogP contribution is -2.10. The van der Waals surface area contributed by atoms with Gasteiger partial charge in [0, 0.05) is 19.1 Å². The van der Waals surface area contributed by atoms with Crippen molar-refractivity contribution in [2.24, 2.45) is 5.92 Å².